The number of benzene rings is 4. The van der Waals surface area contributed by atoms with Gasteiger partial charge in [-0.25, -0.2) is 8.42 Å². The fourth-order valence-corrected chi connectivity index (χ4v) is 7.22. The molecule has 1 amide bonds. The molecule has 1 aliphatic rings. The first kappa shape index (κ1) is 27.7. The second-order valence-corrected chi connectivity index (χ2v) is 13.0. The van der Waals surface area contributed by atoms with Crippen molar-refractivity contribution < 1.29 is 13.2 Å². The summed E-state index contributed by atoms with van der Waals surface area (Å²) >= 11 is 0. The molecule has 42 heavy (non-hydrogen) atoms. The standard InChI is InChI=1S/C33H33N5O3S/c34-25-12-14-26(15-13-25)37-33(39)31-18-22-10-11-23(32(35)36)19-30(22)38(31)20-24-17-28(16-21-6-4-5-9-29(21)24)42(40,41)27-7-2-1-3-8-27/h1-11,16-19,25-26H,12-15,20,34H2,(H3,35,36)(H,37,39)/t25-,26-. The Kier molecular flexibility index (Phi) is 7.30. The molecular formula is C33H33N5O3S. The molecule has 1 aliphatic carbocycles. The largest absolute Gasteiger partial charge is 0.384 e. The van der Waals surface area contributed by atoms with E-state index in [1.54, 1.807) is 54.6 Å². The van der Waals surface area contributed by atoms with Gasteiger partial charge in [-0.2, -0.15) is 0 Å². The molecule has 5 aromatic rings. The molecule has 6 N–H and O–H groups in total. The van der Waals surface area contributed by atoms with E-state index in [2.05, 4.69) is 5.32 Å². The lowest BCUT2D eigenvalue weighted by Crippen LogP contribution is -2.41. The normalized spacial score (nSPS) is 17.4. The Morgan fingerprint density at radius 1 is 0.857 bits per heavy atom. The Bertz CT molecular complexity index is 1920. The lowest BCUT2D eigenvalue weighted by atomic mass is 9.92. The van der Waals surface area contributed by atoms with Gasteiger partial charge in [0.15, 0.2) is 0 Å². The Hall–Kier alpha value is -4.47. The first-order chi connectivity index (χ1) is 20.2. The molecular weight excluding hydrogens is 546 g/mol. The molecule has 214 valence electrons. The van der Waals surface area contributed by atoms with Crippen LogP contribution in [0.5, 0.6) is 0 Å². The van der Waals surface area contributed by atoms with Crippen LogP contribution in [0.4, 0.5) is 0 Å². The van der Waals surface area contributed by atoms with Crippen LogP contribution in [0, 0.1) is 5.41 Å². The number of nitrogens with zero attached hydrogens (tertiary/aromatic N) is 1. The van der Waals surface area contributed by atoms with Crippen LogP contribution < -0.4 is 16.8 Å². The molecule has 0 radical (unpaired) electrons. The Labute approximate surface area is 244 Å². The van der Waals surface area contributed by atoms with Crippen LogP contribution in [-0.4, -0.2) is 36.8 Å². The van der Waals surface area contributed by atoms with Gasteiger partial charge in [-0.3, -0.25) is 10.2 Å². The summed E-state index contributed by atoms with van der Waals surface area (Å²) < 4.78 is 29.2. The highest BCUT2D eigenvalue weighted by molar-refractivity contribution is 7.91. The van der Waals surface area contributed by atoms with Crippen molar-refractivity contribution in [2.75, 3.05) is 0 Å². The zero-order valence-corrected chi connectivity index (χ0v) is 23.9. The molecule has 0 saturated heterocycles. The van der Waals surface area contributed by atoms with Crippen molar-refractivity contribution in [2.24, 2.45) is 11.5 Å². The maximum absolute atomic E-state index is 13.7. The highest BCUT2D eigenvalue weighted by Gasteiger charge is 2.25. The van der Waals surface area contributed by atoms with Crippen LogP contribution in [0.2, 0.25) is 0 Å². The molecule has 0 spiro atoms. The van der Waals surface area contributed by atoms with Crippen LogP contribution in [0.1, 0.15) is 47.3 Å². The third-order valence-electron chi connectivity index (χ3n) is 8.17. The molecule has 6 rings (SSSR count). The maximum Gasteiger partial charge on any atom is 0.268 e. The van der Waals surface area contributed by atoms with Gasteiger partial charge in [-0.05, 0) is 78.4 Å². The number of amidine groups is 1. The third-order valence-corrected chi connectivity index (χ3v) is 9.92. The van der Waals surface area contributed by atoms with Gasteiger partial charge in [-0.1, -0.05) is 54.6 Å². The SMILES string of the molecule is N=C(N)c1ccc2cc(C(=O)N[C@H]3CC[C@H](N)CC3)n(Cc3cc(S(=O)(=O)c4ccccc4)cc4ccccc34)c2c1. The first-order valence-corrected chi connectivity index (χ1v) is 15.5. The average Bonchev–Trinajstić information content (AvgIpc) is 3.36. The quantitative estimate of drug-likeness (QED) is 0.159. The van der Waals surface area contributed by atoms with Crippen molar-refractivity contribution >= 4 is 43.3 Å². The minimum absolute atomic E-state index is 0.0386. The van der Waals surface area contributed by atoms with Crippen molar-refractivity contribution in [3.8, 4) is 0 Å². The smallest absolute Gasteiger partial charge is 0.268 e. The predicted molar refractivity (Wildman–Crippen MR) is 166 cm³/mol. The summed E-state index contributed by atoms with van der Waals surface area (Å²) in [5.74, 6) is -0.274. The molecule has 0 aliphatic heterocycles. The summed E-state index contributed by atoms with van der Waals surface area (Å²) in [6.45, 7) is 0.238. The van der Waals surface area contributed by atoms with E-state index in [1.165, 1.54) is 0 Å². The van der Waals surface area contributed by atoms with Crippen LogP contribution >= 0.6 is 0 Å². The van der Waals surface area contributed by atoms with E-state index < -0.39 is 9.84 Å². The lowest BCUT2D eigenvalue weighted by Gasteiger charge is -2.27. The first-order valence-electron chi connectivity index (χ1n) is 14.1. The van der Waals surface area contributed by atoms with Crippen molar-refractivity contribution in [1.82, 2.24) is 9.88 Å². The lowest BCUT2D eigenvalue weighted by molar-refractivity contribution is 0.0917. The molecule has 0 unspecified atom stereocenters. The monoisotopic (exact) mass is 579 g/mol. The van der Waals surface area contributed by atoms with E-state index in [4.69, 9.17) is 16.9 Å². The Morgan fingerprint density at radius 2 is 1.57 bits per heavy atom. The molecule has 1 aromatic heterocycles. The van der Waals surface area contributed by atoms with Gasteiger partial charge in [0.2, 0.25) is 9.84 Å². The summed E-state index contributed by atoms with van der Waals surface area (Å²) in [7, 11) is -3.79. The van der Waals surface area contributed by atoms with Gasteiger partial charge in [-0.15, -0.1) is 0 Å². The number of carbonyl (C=O) groups excluding carboxylic acids is 1. The molecule has 9 heteroatoms. The second-order valence-electron chi connectivity index (χ2n) is 11.0. The molecule has 0 bridgehead atoms. The minimum Gasteiger partial charge on any atom is -0.384 e. The summed E-state index contributed by atoms with van der Waals surface area (Å²) in [5.41, 5.74) is 14.4. The van der Waals surface area contributed by atoms with Gasteiger partial charge >= 0.3 is 0 Å². The highest BCUT2D eigenvalue weighted by Crippen LogP contribution is 2.31. The number of sulfone groups is 1. The zero-order valence-electron chi connectivity index (χ0n) is 23.1. The summed E-state index contributed by atoms with van der Waals surface area (Å²) in [5, 5.41) is 13.7. The number of hydrogen-bond acceptors (Lipinski definition) is 5. The van der Waals surface area contributed by atoms with Gasteiger partial charge in [0.05, 0.1) is 9.79 Å². The van der Waals surface area contributed by atoms with Crippen molar-refractivity contribution in [3.63, 3.8) is 0 Å². The van der Waals surface area contributed by atoms with Gasteiger partial charge in [0.25, 0.3) is 5.91 Å². The number of amides is 1. The number of hydrogen-bond donors (Lipinski definition) is 4. The second kappa shape index (κ2) is 11.1. The Balaban J connectivity index is 1.48. The number of nitrogens with two attached hydrogens (primary N) is 2. The number of rotatable bonds is 7. The number of fused-ring (bicyclic) bond motifs is 2. The van der Waals surface area contributed by atoms with Crippen molar-refractivity contribution in [2.45, 2.75) is 54.1 Å². The number of aromatic nitrogens is 1. The van der Waals surface area contributed by atoms with Crippen LogP contribution in [0.15, 0.2) is 101 Å². The molecule has 0 atom stereocenters. The van der Waals surface area contributed by atoms with E-state index in [-0.39, 0.29) is 40.2 Å². The molecule has 1 fully saturated rings. The number of carbonyl (C=O) groups is 1. The maximum atomic E-state index is 13.7. The predicted octanol–water partition coefficient (Wildman–Crippen LogP) is 4.96. The summed E-state index contributed by atoms with van der Waals surface area (Å²) in [6, 6.07) is 26.9. The molecule has 1 saturated carbocycles. The van der Waals surface area contributed by atoms with E-state index >= 15 is 0 Å². The van der Waals surface area contributed by atoms with Crippen molar-refractivity contribution in [1.29, 1.82) is 5.41 Å². The fraction of sp³-hybridized carbons (Fsp3) is 0.212. The molecule has 4 aromatic carbocycles. The molecule has 8 nitrogen and oxygen atoms in total. The Morgan fingerprint density at radius 3 is 2.31 bits per heavy atom. The van der Waals surface area contributed by atoms with E-state index in [0.29, 0.717) is 11.3 Å². The average molecular weight is 580 g/mol. The van der Waals surface area contributed by atoms with Gasteiger partial charge in [0, 0.05) is 35.1 Å². The summed E-state index contributed by atoms with van der Waals surface area (Å²) in [6.07, 6.45) is 3.38. The highest BCUT2D eigenvalue weighted by atomic mass is 32.2. The van der Waals surface area contributed by atoms with Gasteiger partial charge < -0.3 is 21.4 Å². The molecule has 1 heterocycles. The van der Waals surface area contributed by atoms with Crippen LogP contribution in [0.25, 0.3) is 21.7 Å². The topological polar surface area (TPSA) is 144 Å². The fourth-order valence-electron chi connectivity index (χ4n) is 5.86. The van der Waals surface area contributed by atoms with Gasteiger partial charge in [0.1, 0.15) is 11.5 Å². The van der Waals surface area contributed by atoms with Crippen molar-refractivity contribution in [3.05, 3.63) is 108 Å². The van der Waals surface area contributed by atoms with E-state index in [9.17, 15) is 13.2 Å². The van der Waals surface area contributed by atoms with Crippen LogP contribution in [0.3, 0.4) is 0 Å². The van der Waals surface area contributed by atoms with Crippen LogP contribution in [-0.2, 0) is 16.4 Å². The minimum atomic E-state index is -3.79. The van der Waals surface area contributed by atoms with E-state index in [1.807, 2.05) is 41.0 Å². The summed E-state index contributed by atoms with van der Waals surface area (Å²) in [4.78, 5) is 14.1. The zero-order chi connectivity index (χ0) is 29.4. The van der Waals surface area contributed by atoms with E-state index in [0.717, 1.165) is 52.9 Å². The third kappa shape index (κ3) is 5.29. The number of nitrogen functional groups attached to an aromatic ring is 1. The number of nitrogens with one attached hydrogen (secondary N) is 2.